The van der Waals surface area contributed by atoms with Crippen molar-refractivity contribution in [2.75, 3.05) is 12.9 Å². The van der Waals surface area contributed by atoms with Gasteiger partial charge < -0.3 is 9.15 Å². The summed E-state index contributed by atoms with van der Waals surface area (Å²) in [5.74, 6) is 0.720. The predicted molar refractivity (Wildman–Crippen MR) is 68.6 cm³/mol. The Morgan fingerprint density at radius 3 is 3.11 bits per heavy atom. The highest BCUT2D eigenvalue weighted by Gasteiger charge is 2.13. The van der Waals surface area contributed by atoms with Gasteiger partial charge in [0.25, 0.3) is 11.1 Å². The van der Waals surface area contributed by atoms with Crippen molar-refractivity contribution in [3.05, 3.63) is 12.3 Å². The van der Waals surface area contributed by atoms with Gasteiger partial charge in [-0.3, -0.25) is 9.48 Å². The number of aromatic nitrogens is 4. The first-order chi connectivity index (χ1) is 9.24. The number of carbonyl (C=O) groups is 1. The standard InChI is InChI=1S/C11H14N4O3S/c1-3-15-8(4-6-12-15)10-13-14-11(18-10)19-7-5-9(16)17-2/h4,6H,3,5,7H2,1-2H3. The summed E-state index contributed by atoms with van der Waals surface area (Å²) in [5, 5.41) is 12.5. The van der Waals surface area contributed by atoms with Gasteiger partial charge in [0.15, 0.2) is 0 Å². The fraction of sp³-hybridized carbons (Fsp3) is 0.455. The lowest BCUT2D eigenvalue weighted by atomic mass is 10.4. The molecule has 0 fully saturated rings. The summed E-state index contributed by atoms with van der Waals surface area (Å²) in [6.45, 7) is 2.72. The normalized spacial score (nSPS) is 10.6. The van der Waals surface area contributed by atoms with E-state index in [4.69, 9.17) is 4.42 Å². The third-order valence-electron chi connectivity index (χ3n) is 2.40. The second-order valence-electron chi connectivity index (χ2n) is 3.58. The van der Waals surface area contributed by atoms with Gasteiger partial charge in [-0.2, -0.15) is 5.10 Å². The molecule has 0 spiro atoms. The van der Waals surface area contributed by atoms with Gasteiger partial charge in [-0.25, -0.2) is 0 Å². The molecule has 0 amide bonds. The van der Waals surface area contributed by atoms with Crippen molar-refractivity contribution in [3.63, 3.8) is 0 Å². The Hall–Kier alpha value is -1.83. The van der Waals surface area contributed by atoms with E-state index in [1.54, 1.807) is 10.9 Å². The number of hydrogen-bond acceptors (Lipinski definition) is 7. The molecule has 19 heavy (non-hydrogen) atoms. The quantitative estimate of drug-likeness (QED) is 0.588. The van der Waals surface area contributed by atoms with Crippen LogP contribution < -0.4 is 0 Å². The van der Waals surface area contributed by atoms with E-state index in [0.717, 1.165) is 12.2 Å². The third kappa shape index (κ3) is 3.34. The number of esters is 1. The number of hydrogen-bond donors (Lipinski definition) is 0. The van der Waals surface area contributed by atoms with Gasteiger partial charge >= 0.3 is 5.97 Å². The van der Waals surface area contributed by atoms with E-state index in [0.29, 0.717) is 23.3 Å². The van der Waals surface area contributed by atoms with Gasteiger partial charge in [0.1, 0.15) is 5.69 Å². The van der Waals surface area contributed by atoms with Crippen molar-refractivity contribution >= 4 is 17.7 Å². The molecule has 8 heteroatoms. The highest BCUT2D eigenvalue weighted by Crippen LogP contribution is 2.23. The Labute approximate surface area is 114 Å². The lowest BCUT2D eigenvalue weighted by molar-refractivity contribution is -0.140. The number of nitrogens with zero attached hydrogens (tertiary/aromatic N) is 4. The van der Waals surface area contributed by atoms with Crippen molar-refractivity contribution in [2.24, 2.45) is 0 Å². The van der Waals surface area contributed by atoms with Gasteiger partial charge in [0, 0.05) is 18.5 Å². The maximum Gasteiger partial charge on any atom is 0.306 e. The fourth-order valence-electron chi connectivity index (χ4n) is 1.46. The number of methoxy groups -OCH3 is 1. The molecule has 0 saturated carbocycles. The van der Waals surface area contributed by atoms with Gasteiger partial charge in [0.2, 0.25) is 0 Å². The van der Waals surface area contributed by atoms with Crippen LogP contribution in [0.25, 0.3) is 11.6 Å². The van der Waals surface area contributed by atoms with Crippen LogP contribution in [0, 0.1) is 0 Å². The maximum absolute atomic E-state index is 11.0. The zero-order valence-electron chi connectivity index (χ0n) is 10.7. The SMILES string of the molecule is CCn1nccc1-c1nnc(SCCC(=O)OC)o1. The molecule has 2 heterocycles. The topological polar surface area (TPSA) is 83.0 Å². The lowest BCUT2D eigenvalue weighted by Gasteiger charge is -1.98. The monoisotopic (exact) mass is 282 g/mol. The summed E-state index contributed by atoms with van der Waals surface area (Å²) in [7, 11) is 1.36. The van der Waals surface area contributed by atoms with Gasteiger partial charge in [-0.1, -0.05) is 11.8 Å². The molecule has 0 aliphatic carbocycles. The third-order valence-corrected chi connectivity index (χ3v) is 3.22. The van der Waals surface area contributed by atoms with Gasteiger partial charge in [0.05, 0.1) is 13.5 Å². The molecule has 0 N–H and O–H groups in total. The Morgan fingerprint density at radius 1 is 1.53 bits per heavy atom. The minimum Gasteiger partial charge on any atom is -0.469 e. The molecule has 0 radical (unpaired) electrons. The molecule has 0 aliphatic heterocycles. The largest absolute Gasteiger partial charge is 0.469 e. The summed E-state index contributed by atoms with van der Waals surface area (Å²) >= 11 is 1.32. The smallest absolute Gasteiger partial charge is 0.306 e. The van der Waals surface area contributed by atoms with E-state index in [1.165, 1.54) is 18.9 Å². The van der Waals surface area contributed by atoms with E-state index in [1.807, 2.05) is 13.0 Å². The fourth-order valence-corrected chi connectivity index (χ4v) is 2.14. The van der Waals surface area contributed by atoms with Crippen LogP contribution in [0.2, 0.25) is 0 Å². The molecular formula is C11H14N4O3S. The maximum atomic E-state index is 11.0. The summed E-state index contributed by atoms with van der Waals surface area (Å²) in [5.41, 5.74) is 0.787. The van der Waals surface area contributed by atoms with Crippen molar-refractivity contribution in [2.45, 2.75) is 25.1 Å². The Balaban J connectivity index is 1.97. The van der Waals surface area contributed by atoms with Crippen LogP contribution >= 0.6 is 11.8 Å². The van der Waals surface area contributed by atoms with Crippen LogP contribution in [-0.2, 0) is 16.1 Å². The van der Waals surface area contributed by atoms with Crippen LogP contribution in [0.4, 0.5) is 0 Å². The molecule has 0 aromatic carbocycles. The van der Waals surface area contributed by atoms with Gasteiger partial charge in [-0.05, 0) is 13.0 Å². The first kappa shape index (κ1) is 13.6. The molecule has 7 nitrogen and oxygen atoms in total. The Morgan fingerprint density at radius 2 is 2.37 bits per heavy atom. The Bertz CT molecular complexity index is 552. The highest BCUT2D eigenvalue weighted by atomic mass is 32.2. The average Bonchev–Trinajstić information content (AvgIpc) is 3.06. The first-order valence-corrected chi connectivity index (χ1v) is 6.78. The number of aryl methyl sites for hydroxylation is 1. The Kier molecular flexibility index (Phi) is 4.56. The average molecular weight is 282 g/mol. The predicted octanol–water partition coefficient (Wildman–Crippen LogP) is 1.61. The molecule has 0 atom stereocenters. The second-order valence-corrected chi connectivity index (χ2v) is 4.63. The minimum atomic E-state index is -0.253. The van der Waals surface area contributed by atoms with E-state index in [2.05, 4.69) is 20.0 Å². The van der Waals surface area contributed by atoms with Crippen LogP contribution in [0.5, 0.6) is 0 Å². The summed E-state index contributed by atoms with van der Waals surface area (Å²) in [6.07, 6.45) is 2.00. The molecule has 2 aromatic rings. The second kappa shape index (κ2) is 6.37. The molecule has 0 aliphatic rings. The van der Waals surface area contributed by atoms with E-state index in [-0.39, 0.29) is 5.97 Å². The minimum absolute atomic E-state index is 0.253. The van der Waals surface area contributed by atoms with Crippen molar-refractivity contribution in [1.82, 2.24) is 20.0 Å². The number of ether oxygens (including phenoxy) is 1. The van der Waals surface area contributed by atoms with Crippen molar-refractivity contribution < 1.29 is 13.9 Å². The number of carbonyl (C=O) groups excluding carboxylic acids is 1. The first-order valence-electron chi connectivity index (χ1n) is 5.80. The molecule has 0 saturated heterocycles. The highest BCUT2D eigenvalue weighted by molar-refractivity contribution is 7.99. The van der Waals surface area contributed by atoms with E-state index in [9.17, 15) is 4.79 Å². The summed E-state index contributed by atoms with van der Waals surface area (Å²) < 4.78 is 11.8. The molecule has 0 unspecified atom stereocenters. The number of rotatable bonds is 6. The van der Waals surface area contributed by atoms with E-state index < -0.39 is 0 Å². The van der Waals surface area contributed by atoms with Gasteiger partial charge in [-0.15, -0.1) is 10.2 Å². The zero-order valence-corrected chi connectivity index (χ0v) is 11.5. The zero-order chi connectivity index (χ0) is 13.7. The van der Waals surface area contributed by atoms with Crippen LogP contribution in [-0.4, -0.2) is 38.8 Å². The molecule has 2 rings (SSSR count). The number of thioether (sulfide) groups is 1. The van der Waals surface area contributed by atoms with E-state index >= 15 is 0 Å². The van der Waals surface area contributed by atoms with Crippen molar-refractivity contribution in [1.29, 1.82) is 0 Å². The lowest BCUT2D eigenvalue weighted by Crippen LogP contribution is -2.00. The summed E-state index contributed by atoms with van der Waals surface area (Å²) in [6, 6.07) is 1.82. The molecule has 102 valence electrons. The summed E-state index contributed by atoms with van der Waals surface area (Å²) in [4.78, 5) is 11.0. The molecule has 2 aromatic heterocycles. The van der Waals surface area contributed by atoms with Crippen LogP contribution in [0.3, 0.4) is 0 Å². The molecular weight excluding hydrogens is 268 g/mol. The van der Waals surface area contributed by atoms with Crippen LogP contribution in [0.1, 0.15) is 13.3 Å². The van der Waals surface area contributed by atoms with Crippen molar-refractivity contribution in [3.8, 4) is 11.6 Å². The molecule has 0 bridgehead atoms. The van der Waals surface area contributed by atoms with Crippen LogP contribution in [0.15, 0.2) is 21.9 Å².